The zero-order valence-corrected chi connectivity index (χ0v) is 16.5. The Kier molecular flexibility index (Phi) is 7.66. The van der Waals surface area contributed by atoms with Crippen LogP contribution in [-0.2, 0) is 4.79 Å². The fourth-order valence-corrected chi connectivity index (χ4v) is 3.35. The molecule has 1 saturated carbocycles. The van der Waals surface area contributed by atoms with Gasteiger partial charge in [-0.25, -0.2) is 0 Å². The molecule has 0 aromatic heterocycles. The summed E-state index contributed by atoms with van der Waals surface area (Å²) in [7, 11) is 0. The highest BCUT2D eigenvalue weighted by atomic mass is 35.5. The van der Waals surface area contributed by atoms with Crippen LogP contribution in [-0.4, -0.2) is 29.5 Å². The molecule has 26 heavy (non-hydrogen) atoms. The second kappa shape index (κ2) is 9.73. The van der Waals surface area contributed by atoms with Crippen molar-refractivity contribution < 1.29 is 9.59 Å². The van der Waals surface area contributed by atoms with E-state index >= 15 is 0 Å². The lowest BCUT2D eigenvalue weighted by atomic mass is 9.78. The Morgan fingerprint density at radius 2 is 1.85 bits per heavy atom. The van der Waals surface area contributed by atoms with Crippen molar-refractivity contribution in [2.24, 2.45) is 11.8 Å². The average Bonchev–Trinajstić information content (AvgIpc) is 2.62. The number of carbonyl (C=O) groups excluding carboxylic acids is 2. The first-order valence-electron chi connectivity index (χ1n) is 8.76. The number of amides is 2. The molecule has 8 heteroatoms. The van der Waals surface area contributed by atoms with Crippen LogP contribution in [0, 0.1) is 11.8 Å². The van der Waals surface area contributed by atoms with Crippen molar-refractivity contribution in [1.82, 2.24) is 21.5 Å². The first-order valence-corrected chi connectivity index (χ1v) is 9.54. The number of hydrazine groups is 1. The molecule has 0 aliphatic heterocycles. The number of hydrogen-bond acceptors (Lipinski definition) is 3. The van der Waals surface area contributed by atoms with E-state index in [1.54, 1.807) is 24.3 Å². The molecule has 1 fully saturated rings. The Hall–Kier alpha value is -1.86. The predicted molar refractivity (Wildman–Crippen MR) is 107 cm³/mol. The number of benzene rings is 1. The van der Waals surface area contributed by atoms with Crippen LogP contribution in [0.5, 0.6) is 0 Å². The number of halogens is 1. The summed E-state index contributed by atoms with van der Waals surface area (Å²) in [5, 5.41) is 6.72. The number of hydrogen-bond donors (Lipinski definition) is 4. The minimum atomic E-state index is -0.387. The van der Waals surface area contributed by atoms with Gasteiger partial charge in [-0.2, -0.15) is 0 Å². The van der Waals surface area contributed by atoms with Crippen molar-refractivity contribution in [1.29, 1.82) is 0 Å². The minimum absolute atomic E-state index is 0.159. The van der Waals surface area contributed by atoms with Crippen LogP contribution in [0.25, 0.3) is 0 Å². The molecule has 3 atom stereocenters. The summed E-state index contributed by atoms with van der Waals surface area (Å²) in [6, 6.07) is 6.74. The highest BCUT2D eigenvalue weighted by molar-refractivity contribution is 7.80. The van der Waals surface area contributed by atoms with E-state index in [9.17, 15) is 9.59 Å². The topological polar surface area (TPSA) is 82.3 Å². The standard InChI is InChI=1S/C18H25ClN4O2S/c1-11-4-3-5-15(12(11)2)21-18(26)23-22-16(24)10-20-17(25)13-6-8-14(19)9-7-13/h6-9,11-12,15H,3-5,10H2,1-2H3,(H,20,25)(H,22,24)(H2,21,23,26)/t11-,12+,15-/m0/s1. The fourth-order valence-electron chi connectivity index (χ4n) is 3.02. The molecule has 142 valence electrons. The maximum atomic E-state index is 11.9. The highest BCUT2D eigenvalue weighted by Crippen LogP contribution is 2.29. The normalized spacial score (nSPS) is 22.2. The zero-order chi connectivity index (χ0) is 19.1. The number of rotatable bonds is 4. The molecule has 1 aromatic rings. The fraction of sp³-hybridized carbons (Fsp3) is 0.500. The van der Waals surface area contributed by atoms with Gasteiger partial charge < -0.3 is 10.6 Å². The molecule has 0 spiro atoms. The Balaban J connectivity index is 1.68. The highest BCUT2D eigenvalue weighted by Gasteiger charge is 2.27. The van der Waals surface area contributed by atoms with E-state index in [4.69, 9.17) is 23.8 Å². The number of carbonyl (C=O) groups is 2. The van der Waals surface area contributed by atoms with E-state index < -0.39 is 0 Å². The molecule has 0 unspecified atom stereocenters. The van der Waals surface area contributed by atoms with Gasteiger partial charge in [-0.3, -0.25) is 20.4 Å². The molecule has 2 rings (SSSR count). The van der Waals surface area contributed by atoms with Crippen molar-refractivity contribution in [2.45, 2.75) is 39.2 Å². The van der Waals surface area contributed by atoms with Crippen molar-refractivity contribution in [3.8, 4) is 0 Å². The number of nitrogens with one attached hydrogen (secondary N) is 4. The monoisotopic (exact) mass is 396 g/mol. The van der Waals surface area contributed by atoms with Crippen LogP contribution >= 0.6 is 23.8 Å². The van der Waals surface area contributed by atoms with Crippen molar-refractivity contribution in [3.63, 3.8) is 0 Å². The van der Waals surface area contributed by atoms with Gasteiger partial charge >= 0.3 is 0 Å². The lowest BCUT2D eigenvalue weighted by molar-refractivity contribution is -0.120. The molecule has 0 heterocycles. The zero-order valence-electron chi connectivity index (χ0n) is 15.0. The van der Waals surface area contributed by atoms with Gasteiger partial charge in [0.15, 0.2) is 5.11 Å². The molecule has 1 aliphatic carbocycles. The van der Waals surface area contributed by atoms with Gasteiger partial charge in [0.1, 0.15) is 0 Å². The van der Waals surface area contributed by atoms with E-state index in [2.05, 4.69) is 35.3 Å². The van der Waals surface area contributed by atoms with Gasteiger partial charge in [0.05, 0.1) is 6.54 Å². The van der Waals surface area contributed by atoms with Crippen LogP contribution in [0.15, 0.2) is 24.3 Å². The van der Waals surface area contributed by atoms with Gasteiger partial charge in [-0.05, 0) is 54.7 Å². The molecule has 1 aromatic carbocycles. The van der Waals surface area contributed by atoms with Gasteiger partial charge in [0.2, 0.25) is 0 Å². The summed E-state index contributed by atoms with van der Waals surface area (Å²) in [4.78, 5) is 23.8. The SMILES string of the molecule is C[C@H]1[C@@H](NC(=S)NNC(=O)CNC(=O)c2ccc(Cl)cc2)CCC[C@@H]1C. The van der Waals surface area contributed by atoms with Gasteiger partial charge in [0, 0.05) is 16.6 Å². The molecule has 0 bridgehead atoms. The largest absolute Gasteiger partial charge is 0.358 e. The summed E-state index contributed by atoms with van der Waals surface area (Å²) in [6.07, 6.45) is 3.48. The number of thiocarbonyl (C=S) groups is 1. The molecular formula is C18H25ClN4O2S. The van der Waals surface area contributed by atoms with E-state index in [0.29, 0.717) is 33.6 Å². The molecule has 2 amide bonds. The molecule has 6 nitrogen and oxygen atoms in total. The predicted octanol–water partition coefficient (Wildman–Crippen LogP) is 2.39. The third kappa shape index (κ3) is 6.14. The summed E-state index contributed by atoms with van der Waals surface area (Å²) < 4.78 is 0. The van der Waals surface area contributed by atoms with E-state index in [0.717, 1.165) is 6.42 Å². The third-order valence-electron chi connectivity index (χ3n) is 4.85. The first kappa shape index (κ1) is 20.5. The smallest absolute Gasteiger partial charge is 0.257 e. The van der Waals surface area contributed by atoms with Crippen LogP contribution in [0.4, 0.5) is 0 Å². The lowest BCUT2D eigenvalue weighted by Gasteiger charge is -2.35. The minimum Gasteiger partial charge on any atom is -0.358 e. The third-order valence-corrected chi connectivity index (χ3v) is 5.33. The van der Waals surface area contributed by atoms with Crippen LogP contribution in [0.1, 0.15) is 43.5 Å². The first-order chi connectivity index (χ1) is 12.4. The Labute approximate surface area is 164 Å². The summed E-state index contributed by atoms with van der Waals surface area (Å²) in [5.74, 6) is 0.448. The summed E-state index contributed by atoms with van der Waals surface area (Å²) in [6.45, 7) is 4.31. The van der Waals surface area contributed by atoms with E-state index in [1.165, 1.54) is 12.8 Å². The summed E-state index contributed by atoms with van der Waals surface area (Å²) in [5.41, 5.74) is 5.61. The quantitative estimate of drug-likeness (QED) is 0.464. The molecule has 0 saturated heterocycles. The van der Waals surface area contributed by atoms with E-state index in [1.807, 2.05) is 0 Å². The second-order valence-electron chi connectivity index (χ2n) is 6.71. The van der Waals surface area contributed by atoms with Gasteiger partial charge in [0.25, 0.3) is 11.8 Å². The Morgan fingerprint density at radius 3 is 2.54 bits per heavy atom. The molecule has 4 N–H and O–H groups in total. The van der Waals surface area contributed by atoms with Crippen molar-refractivity contribution in [3.05, 3.63) is 34.9 Å². The second-order valence-corrected chi connectivity index (χ2v) is 7.55. The molecule has 0 radical (unpaired) electrons. The average molecular weight is 397 g/mol. The Bertz CT molecular complexity index is 653. The Morgan fingerprint density at radius 1 is 1.15 bits per heavy atom. The van der Waals surface area contributed by atoms with Crippen LogP contribution in [0.3, 0.4) is 0 Å². The molecule has 1 aliphatic rings. The maximum absolute atomic E-state index is 11.9. The lowest BCUT2D eigenvalue weighted by Crippen LogP contribution is -2.53. The van der Waals surface area contributed by atoms with Gasteiger partial charge in [-0.15, -0.1) is 0 Å². The van der Waals surface area contributed by atoms with Crippen molar-refractivity contribution >= 4 is 40.7 Å². The van der Waals surface area contributed by atoms with Crippen molar-refractivity contribution in [2.75, 3.05) is 6.54 Å². The maximum Gasteiger partial charge on any atom is 0.257 e. The van der Waals surface area contributed by atoms with Crippen LogP contribution in [0.2, 0.25) is 5.02 Å². The van der Waals surface area contributed by atoms with Gasteiger partial charge in [-0.1, -0.05) is 38.3 Å². The molecular weight excluding hydrogens is 372 g/mol. The van der Waals surface area contributed by atoms with Crippen LogP contribution < -0.4 is 21.5 Å². The summed E-state index contributed by atoms with van der Waals surface area (Å²) >= 11 is 11.0. The van der Waals surface area contributed by atoms with E-state index in [-0.39, 0.29) is 18.4 Å².